The van der Waals surface area contributed by atoms with Gasteiger partial charge in [0.1, 0.15) is 0 Å². The lowest BCUT2D eigenvalue weighted by Crippen LogP contribution is -2.31. The SMILES string of the molecule is CB(C)c1c(C)c(C)c(C(=O)O)c(C)c1C. The smallest absolute Gasteiger partial charge is 0.336 e. The quantitative estimate of drug-likeness (QED) is 0.774. The molecule has 0 saturated heterocycles. The Morgan fingerprint density at radius 3 is 1.56 bits per heavy atom. The second kappa shape index (κ2) is 4.32. The molecule has 0 aliphatic heterocycles. The van der Waals surface area contributed by atoms with Crippen LogP contribution in [0, 0.1) is 27.7 Å². The largest absolute Gasteiger partial charge is 0.478 e. The van der Waals surface area contributed by atoms with E-state index in [0.29, 0.717) is 12.3 Å². The molecule has 0 saturated carbocycles. The third kappa shape index (κ3) is 1.86. The maximum absolute atomic E-state index is 11.2. The molecule has 0 radical (unpaired) electrons. The van der Waals surface area contributed by atoms with Crippen molar-refractivity contribution in [3.05, 3.63) is 27.8 Å². The number of benzene rings is 1. The fourth-order valence-electron chi connectivity index (χ4n) is 2.53. The highest BCUT2D eigenvalue weighted by Crippen LogP contribution is 2.20. The second-order valence-electron chi connectivity index (χ2n) is 4.75. The average molecular weight is 218 g/mol. The van der Waals surface area contributed by atoms with Gasteiger partial charge in [-0.05, 0) is 38.8 Å². The zero-order chi connectivity index (χ0) is 12.6. The molecular weight excluding hydrogens is 199 g/mol. The molecule has 0 bridgehead atoms. The molecule has 0 aliphatic carbocycles. The van der Waals surface area contributed by atoms with E-state index in [0.717, 1.165) is 22.3 Å². The van der Waals surface area contributed by atoms with Crippen LogP contribution >= 0.6 is 0 Å². The minimum absolute atomic E-state index is 0.431. The Hall–Kier alpha value is -1.25. The van der Waals surface area contributed by atoms with Gasteiger partial charge in [-0.3, -0.25) is 0 Å². The second-order valence-corrected chi connectivity index (χ2v) is 4.75. The zero-order valence-electron chi connectivity index (χ0n) is 10.9. The fourth-order valence-corrected chi connectivity index (χ4v) is 2.53. The molecule has 86 valence electrons. The van der Waals surface area contributed by atoms with E-state index in [1.807, 2.05) is 27.7 Å². The van der Waals surface area contributed by atoms with E-state index in [1.165, 1.54) is 5.46 Å². The molecule has 0 aliphatic rings. The highest BCUT2D eigenvalue weighted by atomic mass is 16.4. The molecular formula is C13H19BO2. The van der Waals surface area contributed by atoms with Crippen molar-refractivity contribution >= 4 is 18.1 Å². The molecule has 0 fully saturated rings. The number of aromatic carboxylic acids is 1. The van der Waals surface area contributed by atoms with Gasteiger partial charge in [-0.1, -0.05) is 30.2 Å². The van der Waals surface area contributed by atoms with Crippen molar-refractivity contribution in [3.63, 3.8) is 0 Å². The Morgan fingerprint density at radius 2 is 1.31 bits per heavy atom. The van der Waals surface area contributed by atoms with Crippen LogP contribution in [-0.2, 0) is 0 Å². The van der Waals surface area contributed by atoms with Crippen molar-refractivity contribution in [1.82, 2.24) is 0 Å². The van der Waals surface area contributed by atoms with Gasteiger partial charge in [0, 0.05) is 0 Å². The molecule has 3 heteroatoms. The third-order valence-corrected chi connectivity index (χ3v) is 3.47. The number of carboxylic acids is 1. The number of carbonyl (C=O) groups is 1. The maximum atomic E-state index is 11.2. The molecule has 1 aromatic rings. The predicted octanol–water partition coefficient (Wildman–Crippen LogP) is 2.58. The van der Waals surface area contributed by atoms with E-state index >= 15 is 0 Å². The molecule has 1 aromatic carbocycles. The minimum atomic E-state index is -0.823. The molecule has 0 aromatic heterocycles. The number of rotatable bonds is 2. The molecule has 0 amide bonds. The van der Waals surface area contributed by atoms with Gasteiger partial charge >= 0.3 is 5.97 Å². The van der Waals surface area contributed by atoms with Gasteiger partial charge in [-0.25, -0.2) is 4.79 Å². The van der Waals surface area contributed by atoms with Gasteiger partial charge in [0.2, 0.25) is 0 Å². The molecule has 1 rings (SSSR count). The van der Waals surface area contributed by atoms with E-state index in [1.54, 1.807) is 0 Å². The molecule has 2 nitrogen and oxygen atoms in total. The first-order valence-corrected chi connectivity index (χ1v) is 5.62. The molecule has 1 N–H and O–H groups in total. The van der Waals surface area contributed by atoms with Crippen molar-refractivity contribution < 1.29 is 9.90 Å². The van der Waals surface area contributed by atoms with Crippen LogP contribution < -0.4 is 5.46 Å². The van der Waals surface area contributed by atoms with Gasteiger partial charge < -0.3 is 5.11 Å². The van der Waals surface area contributed by atoms with Gasteiger partial charge in [0.25, 0.3) is 0 Å². The van der Waals surface area contributed by atoms with Crippen molar-refractivity contribution in [2.24, 2.45) is 0 Å². The molecule has 0 spiro atoms. The van der Waals surface area contributed by atoms with Crippen LogP contribution in [0.5, 0.6) is 0 Å². The Morgan fingerprint density at radius 1 is 0.938 bits per heavy atom. The van der Waals surface area contributed by atoms with Gasteiger partial charge in [0.05, 0.1) is 5.56 Å². The normalized spacial score (nSPS) is 10.4. The van der Waals surface area contributed by atoms with Crippen LogP contribution in [0.3, 0.4) is 0 Å². The Labute approximate surface area is 97.8 Å². The topological polar surface area (TPSA) is 37.3 Å². The highest BCUT2D eigenvalue weighted by Gasteiger charge is 2.20. The van der Waals surface area contributed by atoms with Gasteiger partial charge in [-0.2, -0.15) is 0 Å². The summed E-state index contributed by atoms with van der Waals surface area (Å²) in [7, 11) is 0. The number of carboxylic acid groups (broad SMARTS) is 1. The number of hydrogen-bond acceptors (Lipinski definition) is 1. The van der Waals surface area contributed by atoms with Crippen LogP contribution in [-0.4, -0.2) is 17.8 Å². The summed E-state index contributed by atoms with van der Waals surface area (Å²) in [5.74, 6) is -0.823. The van der Waals surface area contributed by atoms with Crippen LogP contribution in [0.15, 0.2) is 0 Å². The van der Waals surface area contributed by atoms with E-state index < -0.39 is 5.97 Å². The first kappa shape index (κ1) is 12.8. The molecule has 0 heterocycles. The van der Waals surface area contributed by atoms with Crippen LogP contribution in [0.2, 0.25) is 13.6 Å². The Bertz CT molecular complexity index is 419. The summed E-state index contributed by atoms with van der Waals surface area (Å²) in [6, 6.07) is 0. The fraction of sp³-hybridized carbons (Fsp3) is 0.462. The zero-order valence-corrected chi connectivity index (χ0v) is 10.9. The van der Waals surface area contributed by atoms with E-state index in [9.17, 15) is 9.90 Å². The Kier molecular flexibility index (Phi) is 3.46. The minimum Gasteiger partial charge on any atom is -0.478 e. The summed E-state index contributed by atoms with van der Waals surface area (Å²) < 4.78 is 0. The summed E-state index contributed by atoms with van der Waals surface area (Å²) in [4.78, 5) is 11.2. The Balaban J connectivity index is 3.70. The van der Waals surface area contributed by atoms with E-state index in [-0.39, 0.29) is 0 Å². The summed E-state index contributed by atoms with van der Waals surface area (Å²) in [6.45, 7) is 12.6. The van der Waals surface area contributed by atoms with Crippen molar-refractivity contribution in [2.45, 2.75) is 41.3 Å². The van der Waals surface area contributed by atoms with Crippen LogP contribution in [0.4, 0.5) is 0 Å². The lowest BCUT2D eigenvalue weighted by Gasteiger charge is -2.19. The van der Waals surface area contributed by atoms with E-state index in [2.05, 4.69) is 13.6 Å². The monoisotopic (exact) mass is 218 g/mol. The molecule has 0 unspecified atom stereocenters. The summed E-state index contributed by atoms with van der Waals surface area (Å²) in [5.41, 5.74) is 5.81. The lowest BCUT2D eigenvalue weighted by molar-refractivity contribution is 0.0695. The summed E-state index contributed by atoms with van der Waals surface area (Å²) in [6.07, 6.45) is 0. The van der Waals surface area contributed by atoms with Gasteiger partial charge in [0.15, 0.2) is 6.71 Å². The van der Waals surface area contributed by atoms with Crippen LogP contribution in [0.1, 0.15) is 32.6 Å². The van der Waals surface area contributed by atoms with Crippen molar-refractivity contribution in [1.29, 1.82) is 0 Å². The lowest BCUT2D eigenvalue weighted by atomic mass is 9.46. The highest BCUT2D eigenvalue weighted by molar-refractivity contribution is 6.71. The van der Waals surface area contributed by atoms with Crippen molar-refractivity contribution in [2.75, 3.05) is 0 Å². The standard InChI is InChI=1S/C13H19BO2/c1-7-9(3)12(14(5)6)10(4)8(2)11(7)13(15)16/h1-6H3,(H,15,16). The van der Waals surface area contributed by atoms with Crippen molar-refractivity contribution in [3.8, 4) is 0 Å². The summed E-state index contributed by atoms with van der Waals surface area (Å²) in [5, 5.41) is 9.22. The first-order valence-electron chi connectivity index (χ1n) is 5.62. The van der Waals surface area contributed by atoms with Gasteiger partial charge in [-0.15, -0.1) is 0 Å². The maximum Gasteiger partial charge on any atom is 0.336 e. The summed E-state index contributed by atoms with van der Waals surface area (Å²) >= 11 is 0. The first-order chi connectivity index (χ1) is 7.29. The average Bonchev–Trinajstić information content (AvgIpc) is 2.14. The van der Waals surface area contributed by atoms with E-state index in [4.69, 9.17) is 0 Å². The van der Waals surface area contributed by atoms with Crippen LogP contribution in [0.25, 0.3) is 0 Å². The third-order valence-electron chi connectivity index (χ3n) is 3.47. The number of hydrogen-bond donors (Lipinski definition) is 1. The molecule has 16 heavy (non-hydrogen) atoms. The predicted molar refractivity (Wildman–Crippen MR) is 69.5 cm³/mol. The molecule has 0 atom stereocenters.